The van der Waals surface area contributed by atoms with Crippen molar-refractivity contribution in [3.8, 4) is 6.07 Å². The van der Waals surface area contributed by atoms with Crippen LogP contribution in [-0.4, -0.2) is 35.8 Å². The number of hydrogen-bond donors (Lipinski definition) is 1. The highest BCUT2D eigenvalue weighted by Gasteiger charge is 2.17. The van der Waals surface area contributed by atoms with Gasteiger partial charge in [0.15, 0.2) is 0 Å². The normalized spacial score (nSPS) is 17.6. The fraction of sp³-hybridized carbons (Fsp3) is 0.353. The second-order valence-corrected chi connectivity index (χ2v) is 5.52. The number of morpholine rings is 1. The molecular formula is C17H19N5O. The van der Waals surface area contributed by atoms with Crippen molar-refractivity contribution in [1.82, 2.24) is 9.97 Å². The molecule has 0 spiro atoms. The Hall–Kier alpha value is -2.65. The Kier molecular flexibility index (Phi) is 4.69. The number of rotatable bonds is 4. The Morgan fingerprint density at radius 1 is 1.39 bits per heavy atom. The standard InChI is InChI=1S/C17H19N5O/c1-13-12-22(7-8-23-13)16-5-4-14(10-20-16)11-21-17-15(9-18)3-2-6-19-17/h2-6,10,13H,7-8,11-12H2,1H3,(H,19,21). The highest BCUT2D eigenvalue weighted by molar-refractivity contribution is 5.51. The van der Waals surface area contributed by atoms with E-state index in [0.717, 1.165) is 31.1 Å². The summed E-state index contributed by atoms with van der Waals surface area (Å²) in [5.41, 5.74) is 1.59. The minimum absolute atomic E-state index is 0.237. The lowest BCUT2D eigenvalue weighted by Gasteiger charge is -2.32. The zero-order valence-electron chi connectivity index (χ0n) is 13.1. The van der Waals surface area contributed by atoms with E-state index in [1.165, 1.54) is 0 Å². The van der Waals surface area contributed by atoms with E-state index in [-0.39, 0.29) is 6.10 Å². The van der Waals surface area contributed by atoms with Crippen molar-refractivity contribution >= 4 is 11.6 Å². The van der Waals surface area contributed by atoms with E-state index in [0.29, 0.717) is 17.9 Å². The Bertz CT molecular complexity index is 695. The molecule has 23 heavy (non-hydrogen) atoms. The van der Waals surface area contributed by atoms with Gasteiger partial charge in [-0.25, -0.2) is 9.97 Å². The number of anilines is 2. The molecule has 0 aliphatic carbocycles. The van der Waals surface area contributed by atoms with E-state index in [9.17, 15) is 0 Å². The van der Waals surface area contributed by atoms with Crippen LogP contribution in [0.4, 0.5) is 11.6 Å². The molecule has 1 saturated heterocycles. The average Bonchev–Trinajstić information content (AvgIpc) is 2.60. The summed E-state index contributed by atoms with van der Waals surface area (Å²) in [5, 5.41) is 12.2. The summed E-state index contributed by atoms with van der Waals surface area (Å²) in [6.45, 7) is 5.13. The third kappa shape index (κ3) is 3.76. The maximum Gasteiger partial charge on any atom is 0.144 e. The lowest BCUT2D eigenvalue weighted by Crippen LogP contribution is -2.41. The monoisotopic (exact) mass is 309 g/mol. The van der Waals surface area contributed by atoms with Crippen LogP contribution in [0.2, 0.25) is 0 Å². The van der Waals surface area contributed by atoms with Crippen molar-refractivity contribution in [3.63, 3.8) is 0 Å². The topological polar surface area (TPSA) is 74.1 Å². The highest BCUT2D eigenvalue weighted by atomic mass is 16.5. The van der Waals surface area contributed by atoms with Crippen LogP contribution < -0.4 is 10.2 Å². The van der Waals surface area contributed by atoms with Crippen LogP contribution in [0.15, 0.2) is 36.7 Å². The minimum Gasteiger partial charge on any atom is -0.375 e. The van der Waals surface area contributed by atoms with Crippen LogP contribution in [-0.2, 0) is 11.3 Å². The minimum atomic E-state index is 0.237. The highest BCUT2D eigenvalue weighted by Crippen LogP contribution is 2.16. The van der Waals surface area contributed by atoms with Crippen molar-refractivity contribution in [3.05, 3.63) is 47.8 Å². The average molecular weight is 309 g/mol. The molecule has 118 valence electrons. The Balaban J connectivity index is 1.63. The van der Waals surface area contributed by atoms with E-state index >= 15 is 0 Å². The summed E-state index contributed by atoms with van der Waals surface area (Å²) in [4.78, 5) is 11.0. The maximum atomic E-state index is 9.06. The second kappa shape index (κ2) is 7.07. The number of nitrogens with one attached hydrogen (secondary N) is 1. The number of nitrogens with zero attached hydrogens (tertiary/aromatic N) is 4. The largest absolute Gasteiger partial charge is 0.375 e. The molecule has 0 bridgehead atoms. The first-order chi connectivity index (χ1) is 11.3. The van der Waals surface area contributed by atoms with Gasteiger partial charge in [0, 0.05) is 32.0 Å². The van der Waals surface area contributed by atoms with Crippen LogP contribution in [0.1, 0.15) is 18.1 Å². The fourth-order valence-corrected chi connectivity index (χ4v) is 2.56. The van der Waals surface area contributed by atoms with Crippen LogP contribution in [0.3, 0.4) is 0 Å². The van der Waals surface area contributed by atoms with E-state index in [1.807, 2.05) is 18.3 Å². The molecule has 1 aliphatic rings. The number of nitriles is 1. The molecule has 2 aromatic heterocycles. The van der Waals surface area contributed by atoms with Gasteiger partial charge >= 0.3 is 0 Å². The molecule has 6 nitrogen and oxygen atoms in total. The lowest BCUT2D eigenvalue weighted by atomic mass is 10.2. The van der Waals surface area contributed by atoms with Gasteiger partial charge in [0.2, 0.25) is 0 Å². The molecule has 1 atom stereocenters. The molecule has 1 N–H and O–H groups in total. The first-order valence-corrected chi connectivity index (χ1v) is 7.67. The summed E-state index contributed by atoms with van der Waals surface area (Å²) in [6.07, 6.45) is 3.77. The van der Waals surface area contributed by atoms with Gasteiger partial charge in [-0.15, -0.1) is 0 Å². The molecule has 3 heterocycles. The first kappa shape index (κ1) is 15.3. The molecule has 1 unspecified atom stereocenters. The third-order valence-electron chi connectivity index (χ3n) is 3.76. The van der Waals surface area contributed by atoms with E-state index in [1.54, 1.807) is 18.3 Å². The maximum absolute atomic E-state index is 9.06. The van der Waals surface area contributed by atoms with Crippen LogP contribution in [0, 0.1) is 11.3 Å². The van der Waals surface area contributed by atoms with Crippen molar-refractivity contribution in [2.75, 3.05) is 29.9 Å². The fourth-order valence-electron chi connectivity index (χ4n) is 2.56. The van der Waals surface area contributed by atoms with Gasteiger partial charge in [-0.05, 0) is 30.7 Å². The van der Waals surface area contributed by atoms with Gasteiger partial charge in [-0.3, -0.25) is 0 Å². The molecular weight excluding hydrogens is 290 g/mol. The van der Waals surface area contributed by atoms with Gasteiger partial charge in [-0.2, -0.15) is 5.26 Å². The molecule has 6 heteroatoms. The van der Waals surface area contributed by atoms with Gasteiger partial charge in [0.05, 0.1) is 18.3 Å². The molecule has 1 fully saturated rings. The number of pyridine rings is 2. The molecule has 0 saturated carbocycles. The predicted molar refractivity (Wildman–Crippen MR) is 88.1 cm³/mol. The Morgan fingerprint density at radius 2 is 2.30 bits per heavy atom. The van der Waals surface area contributed by atoms with Crippen molar-refractivity contribution < 1.29 is 4.74 Å². The van der Waals surface area contributed by atoms with Crippen molar-refractivity contribution in [2.24, 2.45) is 0 Å². The molecule has 0 amide bonds. The smallest absolute Gasteiger partial charge is 0.144 e. The van der Waals surface area contributed by atoms with Crippen LogP contribution in [0.5, 0.6) is 0 Å². The SMILES string of the molecule is CC1CN(c2ccc(CNc3ncccc3C#N)cn2)CCO1. The summed E-state index contributed by atoms with van der Waals surface area (Å²) in [5.74, 6) is 1.57. The lowest BCUT2D eigenvalue weighted by molar-refractivity contribution is 0.0529. The summed E-state index contributed by atoms with van der Waals surface area (Å²) in [7, 11) is 0. The number of aromatic nitrogens is 2. The second-order valence-electron chi connectivity index (χ2n) is 5.52. The number of hydrogen-bond acceptors (Lipinski definition) is 6. The van der Waals surface area contributed by atoms with E-state index < -0.39 is 0 Å². The van der Waals surface area contributed by atoms with Gasteiger partial charge < -0.3 is 15.0 Å². The zero-order chi connectivity index (χ0) is 16.1. The van der Waals surface area contributed by atoms with Gasteiger partial charge in [0.25, 0.3) is 0 Å². The molecule has 0 aromatic carbocycles. The summed E-state index contributed by atoms with van der Waals surface area (Å²) < 4.78 is 5.55. The van der Waals surface area contributed by atoms with E-state index in [2.05, 4.69) is 33.2 Å². The number of ether oxygens (including phenoxy) is 1. The molecule has 3 rings (SSSR count). The Labute approximate surface area is 135 Å². The quantitative estimate of drug-likeness (QED) is 0.933. The van der Waals surface area contributed by atoms with E-state index in [4.69, 9.17) is 10.00 Å². The third-order valence-corrected chi connectivity index (χ3v) is 3.76. The summed E-state index contributed by atoms with van der Waals surface area (Å²) >= 11 is 0. The van der Waals surface area contributed by atoms with Crippen molar-refractivity contribution in [1.29, 1.82) is 5.26 Å². The first-order valence-electron chi connectivity index (χ1n) is 7.67. The van der Waals surface area contributed by atoms with Crippen LogP contribution >= 0.6 is 0 Å². The molecule has 0 radical (unpaired) electrons. The van der Waals surface area contributed by atoms with Gasteiger partial charge in [-0.1, -0.05) is 6.07 Å². The predicted octanol–water partition coefficient (Wildman–Crippen LogP) is 2.19. The molecule has 2 aromatic rings. The summed E-state index contributed by atoms with van der Waals surface area (Å²) in [6, 6.07) is 9.70. The van der Waals surface area contributed by atoms with Crippen LogP contribution in [0.25, 0.3) is 0 Å². The molecule has 1 aliphatic heterocycles. The zero-order valence-corrected chi connectivity index (χ0v) is 13.1. The van der Waals surface area contributed by atoms with Gasteiger partial charge in [0.1, 0.15) is 17.7 Å². The van der Waals surface area contributed by atoms with Crippen molar-refractivity contribution in [2.45, 2.75) is 19.6 Å². The Morgan fingerprint density at radius 3 is 3.04 bits per heavy atom.